The molecule has 3 rings (SSSR count). The van der Waals surface area contributed by atoms with Crippen molar-refractivity contribution in [1.82, 2.24) is 10.2 Å². The number of carbonyl (C=O) groups excluding carboxylic acids is 3. The number of piperazine rings is 1. The van der Waals surface area contributed by atoms with E-state index in [0.717, 1.165) is 16.0 Å². The number of carbonyl (C=O) groups is 3. The summed E-state index contributed by atoms with van der Waals surface area (Å²) in [5, 5.41) is 5.38. The lowest BCUT2D eigenvalue weighted by molar-refractivity contribution is -0.895. The minimum Gasteiger partial charge on any atom is -0.343 e. The predicted octanol–water partition coefficient (Wildman–Crippen LogP) is 0.538. The minimum atomic E-state index is -0.401. The molecule has 1 aliphatic heterocycles. The molecule has 0 spiro atoms. The van der Waals surface area contributed by atoms with Gasteiger partial charge in [0.2, 0.25) is 5.91 Å². The zero-order chi connectivity index (χ0) is 22.4. The van der Waals surface area contributed by atoms with Crippen LogP contribution in [0.25, 0.3) is 0 Å². The van der Waals surface area contributed by atoms with E-state index in [2.05, 4.69) is 10.6 Å². The Balaban J connectivity index is 1.40. The smallest absolute Gasteiger partial charge is 0.279 e. The molecule has 1 aliphatic rings. The van der Waals surface area contributed by atoms with Crippen molar-refractivity contribution in [2.24, 2.45) is 0 Å². The van der Waals surface area contributed by atoms with E-state index in [0.29, 0.717) is 37.4 Å². The fraction of sp³-hybridized carbons (Fsp3) is 0.348. The van der Waals surface area contributed by atoms with Crippen molar-refractivity contribution in [3.63, 3.8) is 0 Å². The van der Waals surface area contributed by atoms with Crippen molar-refractivity contribution in [2.75, 3.05) is 44.6 Å². The summed E-state index contributed by atoms with van der Waals surface area (Å²) in [7, 11) is 0. The van der Waals surface area contributed by atoms with E-state index in [1.165, 1.54) is 12.1 Å². The Morgan fingerprint density at radius 1 is 1.03 bits per heavy atom. The van der Waals surface area contributed by atoms with Gasteiger partial charge in [-0.25, -0.2) is 4.39 Å². The average Bonchev–Trinajstić information content (AvgIpc) is 2.74. The van der Waals surface area contributed by atoms with Crippen molar-refractivity contribution in [1.29, 1.82) is 0 Å². The number of nitrogens with zero attached hydrogens (tertiary/aromatic N) is 1. The van der Waals surface area contributed by atoms with E-state index in [-0.39, 0.29) is 30.8 Å². The van der Waals surface area contributed by atoms with Gasteiger partial charge in [-0.3, -0.25) is 14.4 Å². The van der Waals surface area contributed by atoms with E-state index >= 15 is 0 Å². The molecule has 1 fully saturated rings. The van der Waals surface area contributed by atoms with Gasteiger partial charge in [0.25, 0.3) is 11.8 Å². The Morgan fingerprint density at radius 3 is 2.45 bits per heavy atom. The van der Waals surface area contributed by atoms with Crippen LogP contribution in [0.2, 0.25) is 0 Å². The van der Waals surface area contributed by atoms with Crippen LogP contribution < -0.4 is 15.5 Å². The second-order valence-electron chi connectivity index (χ2n) is 7.85. The highest BCUT2D eigenvalue weighted by atomic mass is 19.1. The molecule has 1 saturated heterocycles. The molecule has 7 nitrogen and oxygen atoms in total. The highest BCUT2D eigenvalue weighted by molar-refractivity contribution is 5.96. The molecule has 3 amide bonds. The summed E-state index contributed by atoms with van der Waals surface area (Å²) in [6, 6.07) is 11.2. The summed E-state index contributed by atoms with van der Waals surface area (Å²) in [6.07, 6.45) is 0. The molecule has 0 aliphatic carbocycles. The molecule has 0 bridgehead atoms. The maximum absolute atomic E-state index is 13.2. The van der Waals surface area contributed by atoms with Crippen LogP contribution in [-0.4, -0.2) is 61.9 Å². The van der Waals surface area contributed by atoms with Crippen LogP contribution in [0.15, 0.2) is 42.5 Å². The summed E-state index contributed by atoms with van der Waals surface area (Å²) >= 11 is 0. The first kappa shape index (κ1) is 22.4. The molecule has 0 radical (unpaired) electrons. The number of anilines is 1. The van der Waals surface area contributed by atoms with Gasteiger partial charge >= 0.3 is 0 Å². The fourth-order valence-electron chi connectivity index (χ4n) is 3.50. The van der Waals surface area contributed by atoms with E-state index in [1.54, 1.807) is 23.1 Å². The quantitative estimate of drug-likeness (QED) is 0.629. The number of hydrogen-bond acceptors (Lipinski definition) is 3. The molecule has 8 heteroatoms. The van der Waals surface area contributed by atoms with Gasteiger partial charge in [0, 0.05) is 11.3 Å². The number of hydrogen-bond donors (Lipinski definition) is 3. The van der Waals surface area contributed by atoms with Crippen LogP contribution >= 0.6 is 0 Å². The number of quaternary nitrogens is 1. The van der Waals surface area contributed by atoms with Crippen molar-refractivity contribution < 1.29 is 23.7 Å². The monoisotopic (exact) mass is 427 g/mol. The largest absolute Gasteiger partial charge is 0.343 e. The molecule has 1 heterocycles. The van der Waals surface area contributed by atoms with Crippen molar-refractivity contribution in [2.45, 2.75) is 13.8 Å². The topological polar surface area (TPSA) is 83.0 Å². The number of benzene rings is 2. The third-order valence-corrected chi connectivity index (χ3v) is 5.51. The summed E-state index contributed by atoms with van der Waals surface area (Å²) < 4.78 is 13.2. The second-order valence-corrected chi connectivity index (χ2v) is 7.85. The number of rotatable bonds is 6. The van der Waals surface area contributed by atoms with Crippen LogP contribution in [0.5, 0.6) is 0 Å². The molecular formula is C23H28FN4O3+. The molecule has 0 aromatic heterocycles. The number of aryl methyl sites for hydroxylation is 2. The first-order valence-corrected chi connectivity index (χ1v) is 10.3. The Morgan fingerprint density at radius 2 is 1.77 bits per heavy atom. The standard InChI is InChI=1S/C23H27FN4O3/c1-16-6-7-18(12-17(16)2)23(31)25-14-22(30)28-10-8-27(9-11-28)15-21(29)26-20-5-3-4-19(24)13-20/h3-7,12-13H,8-11,14-15H2,1-2H3,(H,25,31)(H,26,29)/p+1. The van der Waals surface area contributed by atoms with Crippen LogP contribution in [0.1, 0.15) is 21.5 Å². The Hall–Kier alpha value is -3.26. The first-order chi connectivity index (χ1) is 14.8. The van der Waals surface area contributed by atoms with Gasteiger partial charge < -0.3 is 20.4 Å². The second kappa shape index (κ2) is 10.2. The molecular weight excluding hydrogens is 399 g/mol. The maximum Gasteiger partial charge on any atom is 0.279 e. The van der Waals surface area contributed by atoms with E-state index < -0.39 is 5.82 Å². The van der Waals surface area contributed by atoms with Gasteiger partial charge in [-0.05, 0) is 55.3 Å². The van der Waals surface area contributed by atoms with E-state index in [4.69, 9.17) is 0 Å². The Bertz CT molecular complexity index is 971. The molecule has 0 atom stereocenters. The van der Waals surface area contributed by atoms with Crippen molar-refractivity contribution in [3.05, 3.63) is 65.0 Å². The molecule has 0 saturated carbocycles. The molecule has 2 aromatic carbocycles. The Labute approximate surface area is 181 Å². The lowest BCUT2D eigenvalue weighted by atomic mass is 10.1. The lowest BCUT2D eigenvalue weighted by Crippen LogP contribution is -3.15. The molecule has 164 valence electrons. The van der Waals surface area contributed by atoms with Crippen LogP contribution in [0, 0.1) is 19.7 Å². The summed E-state index contributed by atoms with van der Waals surface area (Å²) in [6.45, 7) is 6.41. The number of nitrogens with one attached hydrogen (secondary N) is 3. The molecule has 3 N–H and O–H groups in total. The number of halogens is 1. The van der Waals surface area contributed by atoms with Gasteiger partial charge in [0.05, 0.1) is 32.7 Å². The zero-order valence-corrected chi connectivity index (χ0v) is 17.8. The van der Waals surface area contributed by atoms with Crippen molar-refractivity contribution in [3.8, 4) is 0 Å². The van der Waals surface area contributed by atoms with Gasteiger partial charge in [-0.1, -0.05) is 12.1 Å². The van der Waals surface area contributed by atoms with E-state index in [1.807, 2.05) is 26.0 Å². The van der Waals surface area contributed by atoms with Crippen molar-refractivity contribution >= 4 is 23.4 Å². The molecule has 0 unspecified atom stereocenters. The maximum atomic E-state index is 13.2. The predicted molar refractivity (Wildman–Crippen MR) is 115 cm³/mol. The molecule has 31 heavy (non-hydrogen) atoms. The summed E-state index contributed by atoms with van der Waals surface area (Å²) in [4.78, 5) is 39.7. The van der Waals surface area contributed by atoms with E-state index in [9.17, 15) is 18.8 Å². The minimum absolute atomic E-state index is 0.0544. The van der Waals surface area contributed by atoms with Gasteiger partial charge in [-0.2, -0.15) is 0 Å². The lowest BCUT2D eigenvalue weighted by Gasteiger charge is -2.32. The fourth-order valence-corrected chi connectivity index (χ4v) is 3.50. The third-order valence-electron chi connectivity index (χ3n) is 5.51. The average molecular weight is 428 g/mol. The summed E-state index contributed by atoms with van der Waals surface area (Å²) in [5.41, 5.74) is 3.10. The third kappa shape index (κ3) is 6.36. The van der Waals surface area contributed by atoms with Crippen LogP contribution in [0.3, 0.4) is 0 Å². The SMILES string of the molecule is Cc1ccc(C(=O)NCC(=O)N2CC[NH+](CC(=O)Nc3cccc(F)c3)CC2)cc1C. The zero-order valence-electron chi connectivity index (χ0n) is 17.8. The Kier molecular flexibility index (Phi) is 7.36. The highest BCUT2D eigenvalue weighted by Crippen LogP contribution is 2.10. The van der Waals surface area contributed by atoms with Gasteiger partial charge in [0.15, 0.2) is 6.54 Å². The number of amides is 3. The van der Waals surface area contributed by atoms with Crippen LogP contribution in [-0.2, 0) is 9.59 Å². The highest BCUT2D eigenvalue weighted by Gasteiger charge is 2.25. The van der Waals surface area contributed by atoms with Gasteiger partial charge in [-0.15, -0.1) is 0 Å². The van der Waals surface area contributed by atoms with Gasteiger partial charge in [0.1, 0.15) is 5.82 Å². The summed E-state index contributed by atoms with van der Waals surface area (Å²) in [5.74, 6) is -1.00. The normalized spacial score (nSPS) is 14.2. The molecule has 2 aromatic rings. The first-order valence-electron chi connectivity index (χ1n) is 10.3. The van der Waals surface area contributed by atoms with Crippen LogP contribution in [0.4, 0.5) is 10.1 Å².